The molecule has 5 nitrogen and oxygen atoms in total. The second-order valence-corrected chi connectivity index (χ2v) is 4.89. The number of aromatic carboxylic acids is 1. The average molecular weight is 261 g/mol. The number of nitrogens with zero attached hydrogens (tertiary/aromatic N) is 1. The van der Waals surface area contributed by atoms with Gasteiger partial charge in [0.05, 0.1) is 5.56 Å². The summed E-state index contributed by atoms with van der Waals surface area (Å²) in [5.74, 6) is -0.939. The third-order valence-corrected chi connectivity index (χ3v) is 3.69. The third kappa shape index (κ3) is 2.10. The SMILES string of the molecule is O=C(O)c1ccc2c(c1)CCN2C(=O)C1CCCO1. The van der Waals surface area contributed by atoms with Gasteiger partial charge in [-0.05, 0) is 43.0 Å². The maximum atomic E-state index is 12.3. The molecule has 2 aliphatic heterocycles. The van der Waals surface area contributed by atoms with Gasteiger partial charge >= 0.3 is 5.97 Å². The molecule has 2 heterocycles. The van der Waals surface area contributed by atoms with Gasteiger partial charge < -0.3 is 14.7 Å². The highest BCUT2D eigenvalue weighted by molar-refractivity contribution is 5.99. The molecule has 0 spiro atoms. The molecule has 1 fully saturated rings. The molecule has 1 N–H and O–H groups in total. The third-order valence-electron chi connectivity index (χ3n) is 3.69. The van der Waals surface area contributed by atoms with E-state index in [0.717, 1.165) is 24.1 Å². The van der Waals surface area contributed by atoms with Crippen LogP contribution in [0.5, 0.6) is 0 Å². The van der Waals surface area contributed by atoms with Gasteiger partial charge in [-0.1, -0.05) is 0 Å². The minimum Gasteiger partial charge on any atom is -0.478 e. The lowest BCUT2D eigenvalue weighted by Gasteiger charge is -2.20. The summed E-state index contributed by atoms with van der Waals surface area (Å²) in [6.45, 7) is 1.26. The molecule has 2 aliphatic rings. The maximum Gasteiger partial charge on any atom is 0.335 e. The molecule has 5 heteroatoms. The fraction of sp³-hybridized carbons (Fsp3) is 0.429. The Labute approximate surface area is 110 Å². The van der Waals surface area contributed by atoms with Gasteiger partial charge in [-0.3, -0.25) is 4.79 Å². The van der Waals surface area contributed by atoms with E-state index in [1.165, 1.54) is 0 Å². The summed E-state index contributed by atoms with van der Waals surface area (Å²) in [6.07, 6.45) is 2.08. The summed E-state index contributed by atoms with van der Waals surface area (Å²) < 4.78 is 5.42. The number of benzene rings is 1. The summed E-state index contributed by atoms with van der Waals surface area (Å²) in [5, 5.41) is 8.96. The normalized spacial score (nSPS) is 21.5. The van der Waals surface area contributed by atoms with Gasteiger partial charge in [0.1, 0.15) is 6.10 Å². The van der Waals surface area contributed by atoms with Crippen molar-refractivity contribution < 1.29 is 19.4 Å². The van der Waals surface area contributed by atoms with E-state index in [9.17, 15) is 9.59 Å². The van der Waals surface area contributed by atoms with Gasteiger partial charge in [0, 0.05) is 18.8 Å². The molecule has 19 heavy (non-hydrogen) atoms. The number of anilines is 1. The zero-order valence-electron chi connectivity index (χ0n) is 10.5. The molecule has 1 saturated heterocycles. The van der Waals surface area contributed by atoms with E-state index < -0.39 is 5.97 Å². The molecule has 0 bridgehead atoms. The van der Waals surface area contributed by atoms with Crippen molar-refractivity contribution >= 4 is 17.6 Å². The summed E-state index contributed by atoms with van der Waals surface area (Å²) in [6, 6.07) is 4.92. The molecule has 100 valence electrons. The van der Waals surface area contributed by atoms with Crippen LogP contribution in [0.25, 0.3) is 0 Å². The highest BCUT2D eigenvalue weighted by atomic mass is 16.5. The van der Waals surface area contributed by atoms with E-state index in [-0.39, 0.29) is 17.6 Å². The number of hydrogen-bond donors (Lipinski definition) is 1. The Morgan fingerprint density at radius 1 is 1.37 bits per heavy atom. The summed E-state index contributed by atoms with van der Waals surface area (Å²) in [7, 11) is 0. The molecule has 1 atom stereocenters. The van der Waals surface area contributed by atoms with E-state index in [1.54, 1.807) is 23.1 Å². The van der Waals surface area contributed by atoms with E-state index >= 15 is 0 Å². The summed E-state index contributed by atoms with van der Waals surface area (Å²) in [4.78, 5) is 25.0. The molecule has 0 aromatic heterocycles. The Morgan fingerprint density at radius 2 is 2.21 bits per heavy atom. The largest absolute Gasteiger partial charge is 0.478 e. The second-order valence-electron chi connectivity index (χ2n) is 4.89. The molecule has 0 saturated carbocycles. The number of carboxylic acid groups (broad SMARTS) is 1. The Morgan fingerprint density at radius 3 is 2.89 bits per heavy atom. The topological polar surface area (TPSA) is 66.8 Å². The first kappa shape index (κ1) is 12.2. The molecule has 1 amide bonds. The minimum atomic E-state index is -0.938. The summed E-state index contributed by atoms with van der Waals surface area (Å²) in [5.41, 5.74) is 2.02. The minimum absolute atomic E-state index is 0.000625. The first-order valence-electron chi connectivity index (χ1n) is 6.46. The van der Waals surface area contributed by atoms with Crippen LogP contribution in [-0.2, 0) is 16.0 Å². The van der Waals surface area contributed by atoms with Crippen LogP contribution < -0.4 is 4.90 Å². The van der Waals surface area contributed by atoms with Crippen molar-refractivity contribution in [2.45, 2.75) is 25.4 Å². The highest BCUT2D eigenvalue weighted by Gasteiger charge is 2.32. The van der Waals surface area contributed by atoms with Crippen LogP contribution in [0.2, 0.25) is 0 Å². The number of rotatable bonds is 2. The van der Waals surface area contributed by atoms with Crippen LogP contribution >= 0.6 is 0 Å². The van der Waals surface area contributed by atoms with Crippen LogP contribution in [0.15, 0.2) is 18.2 Å². The zero-order chi connectivity index (χ0) is 13.4. The predicted octanol–water partition coefficient (Wildman–Crippen LogP) is 1.45. The van der Waals surface area contributed by atoms with Crippen molar-refractivity contribution in [3.8, 4) is 0 Å². The first-order valence-corrected chi connectivity index (χ1v) is 6.46. The standard InChI is InChI=1S/C14H15NO4/c16-13(12-2-1-7-19-12)15-6-5-9-8-10(14(17)18)3-4-11(9)15/h3-4,8,12H,1-2,5-7H2,(H,17,18). The molecular formula is C14H15NO4. The van der Waals surface area contributed by atoms with Gasteiger partial charge in [0.2, 0.25) is 0 Å². The van der Waals surface area contributed by atoms with Gasteiger partial charge in [0.15, 0.2) is 0 Å². The number of amides is 1. The molecule has 1 aromatic carbocycles. The van der Waals surface area contributed by atoms with E-state index in [2.05, 4.69) is 0 Å². The molecule has 1 unspecified atom stereocenters. The highest BCUT2D eigenvalue weighted by Crippen LogP contribution is 2.30. The van der Waals surface area contributed by atoms with Gasteiger partial charge in [-0.2, -0.15) is 0 Å². The van der Waals surface area contributed by atoms with Crippen molar-refractivity contribution in [3.05, 3.63) is 29.3 Å². The maximum absolute atomic E-state index is 12.3. The molecule has 0 radical (unpaired) electrons. The quantitative estimate of drug-likeness (QED) is 0.875. The second kappa shape index (κ2) is 4.66. The number of carbonyl (C=O) groups excluding carboxylic acids is 1. The van der Waals surface area contributed by atoms with Crippen molar-refractivity contribution in [3.63, 3.8) is 0 Å². The fourth-order valence-corrected chi connectivity index (χ4v) is 2.71. The molecular weight excluding hydrogens is 246 g/mol. The number of fused-ring (bicyclic) bond motifs is 1. The molecule has 3 rings (SSSR count). The number of ether oxygens (including phenoxy) is 1. The lowest BCUT2D eigenvalue weighted by Crippen LogP contribution is -2.37. The fourth-order valence-electron chi connectivity index (χ4n) is 2.71. The Kier molecular flexibility index (Phi) is 2.98. The Hall–Kier alpha value is -1.88. The first-order chi connectivity index (χ1) is 9.16. The average Bonchev–Trinajstić information content (AvgIpc) is 3.06. The summed E-state index contributed by atoms with van der Waals surface area (Å²) >= 11 is 0. The van der Waals surface area contributed by atoms with Crippen LogP contribution in [0.4, 0.5) is 5.69 Å². The number of carbonyl (C=O) groups is 2. The lowest BCUT2D eigenvalue weighted by molar-refractivity contribution is -0.127. The Bertz CT molecular complexity index is 534. The van der Waals surface area contributed by atoms with Gasteiger partial charge in [0.25, 0.3) is 5.91 Å². The Balaban J connectivity index is 1.85. The number of hydrogen-bond acceptors (Lipinski definition) is 3. The van der Waals surface area contributed by atoms with Gasteiger partial charge in [-0.25, -0.2) is 4.79 Å². The van der Waals surface area contributed by atoms with Crippen LogP contribution in [0.3, 0.4) is 0 Å². The predicted molar refractivity (Wildman–Crippen MR) is 68.4 cm³/mol. The monoisotopic (exact) mass is 261 g/mol. The van der Waals surface area contributed by atoms with Crippen molar-refractivity contribution in [2.75, 3.05) is 18.1 Å². The molecule has 1 aromatic rings. The van der Waals surface area contributed by atoms with Gasteiger partial charge in [-0.15, -0.1) is 0 Å². The molecule has 0 aliphatic carbocycles. The smallest absolute Gasteiger partial charge is 0.335 e. The number of carboxylic acids is 1. The van der Waals surface area contributed by atoms with Crippen LogP contribution in [0.1, 0.15) is 28.8 Å². The van der Waals surface area contributed by atoms with Crippen molar-refractivity contribution in [1.29, 1.82) is 0 Å². The van der Waals surface area contributed by atoms with Crippen LogP contribution in [0, 0.1) is 0 Å². The lowest BCUT2D eigenvalue weighted by atomic mass is 10.1. The van der Waals surface area contributed by atoms with Crippen molar-refractivity contribution in [1.82, 2.24) is 0 Å². The van der Waals surface area contributed by atoms with E-state index in [0.29, 0.717) is 19.6 Å². The van der Waals surface area contributed by atoms with E-state index in [4.69, 9.17) is 9.84 Å². The zero-order valence-corrected chi connectivity index (χ0v) is 10.5. The van der Waals surface area contributed by atoms with E-state index in [1.807, 2.05) is 0 Å². The van der Waals surface area contributed by atoms with Crippen LogP contribution in [-0.4, -0.2) is 36.2 Å². The van der Waals surface area contributed by atoms with Crippen molar-refractivity contribution in [2.24, 2.45) is 0 Å².